The van der Waals surface area contributed by atoms with E-state index in [1.807, 2.05) is 11.4 Å². The Labute approximate surface area is 107 Å². The molecule has 0 saturated carbocycles. The monoisotopic (exact) mass is 265 g/mol. The van der Waals surface area contributed by atoms with Crippen LogP contribution in [0.4, 0.5) is 10.8 Å². The summed E-state index contributed by atoms with van der Waals surface area (Å²) in [6.07, 6.45) is 1.79. The van der Waals surface area contributed by atoms with Gasteiger partial charge in [-0.15, -0.1) is 11.3 Å². The fourth-order valence-corrected chi connectivity index (χ4v) is 2.71. The number of thiazole rings is 1. The highest BCUT2D eigenvalue weighted by molar-refractivity contribution is 7.10. The normalized spacial score (nSPS) is 12.0. The summed E-state index contributed by atoms with van der Waals surface area (Å²) in [6, 6.07) is 2.05. The van der Waals surface area contributed by atoms with Crippen molar-refractivity contribution in [2.24, 2.45) is 0 Å². The third-order valence-corrected chi connectivity index (χ3v) is 4.10. The summed E-state index contributed by atoms with van der Waals surface area (Å²) in [7, 11) is 0. The molecule has 2 heterocycles. The zero-order valence-corrected chi connectivity index (χ0v) is 10.8. The molecule has 0 radical (unpaired) electrons. The van der Waals surface area contributed by atoms with Gasteiger partial charge in [-0.1, -0.05) is 6.92 Å². The smallest absolute Gasteiger partial charge is 0.157 e. The third-order valence-electron chi connectivity index (χ3n) is 2.27. The maximum Gasteiger partial charge on any atom is 0.157 e. The molecule has 17 heavy (non-hydrogen) atoms. The van der Waals surface area contributed by atoms with Gasteiger partial charge in [-0.05, 0) is 11.5 Å². The fourth-order valence-electron chi connectivity index (χ4n) is 1.34. The molecule has 5 nitrogen and oxygen atoms in total. The highest BCUT2D eigenvalue weighted by Gasteiger charge is 2.13. The number of aromatic nitrogens is 2. The predicted octanol–water partition coefficient (Wildman–Crippen LogP) is 2.27. The minimum absolute atomic E-state index is 0.293. The molecule has 7 heteroatoms. The van der Waals surface area contributed by atoms with Gasteiger partial charge in [-0.2, -0.15) is 9.64 Å². The zero-order valence-electron chi connectivity index (χ0n) is 9.17. The highest BCUT2D eigenvalue weighted by atomic mass is 32.1. The van der Waals surface area contributed by atoms with Crippen LogP contribution in [0.1, 0.15) is 23.4 Å². The number of nitrogen functional groups attached to an aromatic ring is 1. The standard InChI is InChI=1S/C10H11N5S2/c1-6(9-13-2-3-16-9)5-14-10-7(4-11)8(12)15-17-10/h2-3,6,14H,5H2,1H3,(H2,12,15). The van der Waals surface area contributed by atoms with Gasteiger partial charge in [0.15, 0.2) is 5.82 Å². The molecule has 0 spiro atoms. The molecule has 0 aliphatic rings. The first-order valence-corrected chi connectivity index (χ1v) is 6.66. The summed E-state index contributed by atoms with van der Waals surface area (Å²) < 4.78 is 3.95. The van der Waals surface area contributed by atoms with E-state index in [-0.39, 0.29) is 0 Å². The van der Waals surface area contributed by atoms with Gasteiger partial charge >= 0.3 is 0 Å². The highest BCUT2D eigenvalue weighted by Crippen LogP contribution is 2.27. The predicted molar refractivity (Wildman–Crippen MR) is 70.3 cm³/mol. The average molecular weight is 265 g/mol. The molecular weight excluding hydrogens is 254 g/mol. The Morgan fingerprint density at radius 3 is 3.12 bits per heavy atom. The molecular formula is C10H11N5S2. The van der Waals surface area contributed by atoms with E-state index < -0.39 is 0 Å². The number of nitriles is 1. The molecule has 1 unspecified atom stereocenters. The van der Waals surface area contributed by atoms with E-state index >= 15 is 0 Å². The third kappa shape index (κ3) is 2.54. The zero-order chi connectivity index (χ0) is 12.3. The summed E-state index contributed by atoms with van der Waals surface area (Å²) >= 11 is 2.84. The van der Waals surface area contributed by atoms with Crippen molar-refractivity contribution in [2.75, 3.05) is 17.6 Å². The van der Waals surface area contributed by atoms with Gasteiger partial charge in [0.05, 0.1) is 5.01 Å². The number of hydrogen-bond acceptors (Lipinski definition) is 7. The van der Waals surface area contributed by atoms with Crippen molar-refractivity contribution in [1.82, 2.24) is 9.36 Å². The number of anilines is 2. The molecule has 0 bridgehead atoms. The number of rotatable bonds is 4. The van der Waals surface area contributed by atoms with Crippen LogP contribution in [0, 0.1) is 11.3 Å². The molecule has 0 saturated heterocycles. The lowest BCUT2D eigenvalue weighted by Gasteiger charge is -2.09. The van der Waals surface area contributed by atoms with Crippen molar-refractivity contribution in [3.8, 4) is 6.07 Å². The van der Waals surface area contributed by atoms with Crippen LogP contribution in [0.25, 0.3) is 0 Å². The molecule has 2 aromatic heterocycles. The van der Waals surface area contributed by atoms with Gasteiger partial charge in [-0.25, -0.2) is 4.98 Å². The molecule has 0 fully saturated rings. The maximum absolute atomic E-state index is 8.92. The van der Waals surface area contributed by atoms with Gasteiger partial charge in [0.1, 0.15) is 16.6 Å². The largest absolute Gasteiger partial charge is 0.382 e. The van der Waals surface area contributed by atoms with Crippen LogP contribution >= 0.6 is 22.9 Å². The van der Waals surface area contributed by atoms with Gasteiger partial charge in [0.25, 0.3) is 0 Å². The molecule has 2 aromatic rings. The Bertz CT molecular complexity index is 525. The van der Waals surface area contributed by atoms with E-state index in [2.05, 4.69) is 21.6 Å². The van der Waals surface area contributed by atoms with E-state index in [4.69, 9.17) is 11.0 Å². The summed E-state index contributed by atoms with van der Waals surface area (Å²) in [5.74, 6) is 0.590. The van der Waals surface area contributed by atoms with E-state index in [1.165, 1.54) is 11.5 Å². The molecule has 88 valence electrons. The topological polar surface area (TPSA) is 87.6 Å². The lowest BCUT2D eigenvalue weighted by atomic mass is 10.2. The fraction of sp³-hybridized carbons (Fsp3) is 0.300. The molecule has 0 amide bonds. The summed E-state index contributed by atoms with van der Waals surface area (Å²) in [5.41, 5.74) is 6.01. The van der Waals surface area contributed by atoms with Gasteiger partial charge < -0.3 is 11.1 Å². The second kappa shape index (κ2) is 5.12. The van der Waals surface area contributed by atoms with Crippen molar-refractivity contribution >= 4 is 33.7 Å². The van der Waals surface area contributed by atoms with Crippen LogP contribution in [0.2, 0.25) is 0 Å². The Balaban J connectivity index is 2.01. The summed E-state index contributed by atoms with van der Waals surface area (Å²) in [6.45, 7) is 2.80. The van der Waals surface area contributed by atoms with Gasteiger partial charge in [0.2, 0.25) is 0 Å². The van der Waals surface area contributed by atoms with Gasteiger partial charge in [0, 0.05) is 24.0 Å². The molecule has 0 aliphatic heterocycles. The second-order valence-corrected chi connectivity index (χ2v) is 5.24. The van der Waals surface area contributed by atoms with Crippen molar-refractivity contribution in [1.29, 1.82) is 5.26 Å². The quantitative estimate of drug-likeness (QED) is 0.885. The van der Waals surface area contributed by atoms with E-state index in [0.29, 0.717) is 23.8 Å². The average Bonchev–Trinajstić information content (AvgIpc) is 2.95. The van der Waals surface area contributed by atoms with E-state index in [0.717, 1.165) is 10.0 Å². The number of nitrogens with two attached hydrogens (primary N) is 1. The Morgan fingerprint density at radius 1 is 1.65 bits per heavy atom. The van der Waals surface area contributed by atoms with Crippen LogP contribution < -0.4 is 11.1 Å². The van der Waals surface area contributed by atoms with Crippen molar-refractivity contribution in [3.05, 3.63) is 22.1 Å². The van der Waals surface area contributed by atoms with Crippen LogP contribution in [0.5, 0.6) is 0 Å². The van der Waals surface area contributed by atoms with Gasteiger partial charge in [-0.3, -0.25) is 0 Å². The maximum atomic E-state index is 8.92. The minimum atomic E-state index is 0.293. The number of hydrogen-bond donors (Lipinski definition) is 2. The second-order valence-electron chi connectivity index (χ2n) is 3.54. The van der Waals surface area contributed by atoms with Crippen LogP contribution in [0.15, 0.2) is 11.6 Å². The van der Waals surface area contributed by atoms with E-state index in [1.54, 1.807) is 17.5 Å². The van der Waals surface area contributed by atoms with Crippen LogP contribution in [-0.4, -0.2) is 15.9 Å². The first-order chi connectivity index (χ1) is 8.22. The summed E-state index contributed by atoms with van der Waals surface area (Å²) in [5, 5.41) is 15.9. The summed E-state index contributed by atoms with van der Waals surface area (Å²) in [4.78, 5) is 4.25. The first kappa shape index (κ1) is 11.8. The van der Waals surface area contributed by atoms with Crippen molar-refractivity contribution in [2.45, 2.75) is 12.8 Å². The lowest BCUT2D eigenvalue weighted by Crippen LogP contribution is -2.09. The number of nitrogens with one attached hydrogen (secondary N) is 1. The van der Waals surface area contributed by atoms with E-state index in [9.17, 15) is 0 Å². The molecule has 2 rings (SSSR count). The Kier molecular flexibility index (Phi) is 3.56. The lowest BCUT2D eigenvalue weighted by molar-refractivity contribution is 0.796. The Hall–Kier alpha value is -1.65. The molecule has 1 atom stereocenters. The first-order valence-electron chi connectivity index (χ1n) is 5.01. The molecule has 3 N–H and O–H groups in total. The van der Waals surface area contributed by atoms with Crippen molar-refractivity contribution in [3.63, 3.8) is 0 Å². The SMILES string of the molecule is CC(CNc1snc(N)c1C#N)c1nccs1. The minimum Gasteiger partial charge on any atom is -0.382 e. The Morgan fingerprint density at radius 2 is 2.47 bits per heavy atom. The molecule has 0 aromatic carbocycles. The number of nitrogens with zero attached hydrogens (tertiary/aromatic N) is 3. The van der Waals surface area contributed by atoms with Crippen LogP contribution in [0.3, 0.4) is 0 Å². The van der Waals surface area contributed by atoms with Crippen molar-refractivity contribution < 1.29 is 0 Å². The van der Waals surface area contributed by atoms with Crippen LogP contribution in [-0.2, 0) is 0 Å². The molecule has 0 aliphatic carbocycles.